The molecule has 3 atom stereocenters. The van der Waals surface area contributed by atoms with Crippen LogP contribution in [0.15, 0.2) is 0 Å². The molecule has 2 bridgehead atoms. The van der Waals surface area contributed by atoms with Gasteiger partial charge in [0, 0.05) is 13.1 Å². The normalized spacial score (nSPS) is 43.5. The summed E-state index contributed by atoms with van der Waals surface area (Å²) in [6.45, 7) is 3.57. The van der Waals surface area contributed by atoms with Crippen molar-refractivity contribution >= 4 is 15.8 Å². The highest BCUT2D eigenvalue weighted by molar-refractivity contribution is 7.93. The van der Waals surface area contributed by atoms with E-state index in [4.69, 9.17) is 4.74 Å². The van der Waals surface area contributed by atoms with Crippen molar-refractivity contribution in [1.82, 2.24) is 5.32 Å². The maximum absolute atomic E-state index is 12.2. The molecule has 3 rings (SSSR count). The summed E-state index contributed by atoms with van der Waals surface area (Å²) in [6.07, 6.45) is 2.79. The third kappa shape index (κ3) is 1.91. The number of rotatable bonds is 2. The molecule has 3 saturated heterocycles. The summed E-state index contributed by atoms with van der Waals surface area (Å²) in [5.74, 6) is -0.336. The predicted molar refractivity (Wildman–Crippen MR) is 70.4 cm³/mol. The molecule has 3 fully saturated rings. The van der Waals surface area contributed by atoms with Crippen LogP contribution in [0.5, 0.6) is 0 Å². The average Bonchev–Trinajstić information content (AvgIpc) is 2.76. The van der Waals surface area contributed by atoms with E-state index in [1.165, 1.54) is 0 Å². The second-order valence-corrected chi connectivity index (χ2v) is 8.63. The fraction of sp³-hybridized carbons (Fsp3) is 0.923. The van der Waals surface area contributed by atoms with Crippen molar-refractivity contribution < 1.29 is 17.9 Å². The van der Waals surface area contributed by atoms with E-state index in [1.807, 2.05) is 6.92 Å². The first-order valence-corrected chi connectivity index (χ1v) is 8.70. The van der Waals surface area contributed by atoms with Gasteiger partial charge in [-0.1, -0.05) is 0 Å². The maximum Gasteiger partial charge on any atom is 0.310 e. The Hall–Kier alpha value is -0.620. The Morgan fingerprint density at radius 1 is 1.32 bits per heavy atom. The van der Waals surface area contributed by atoms with Crippen LogP contribution in [-0.4, -0.2) is 44.6 Å². The van der Waals surface area contributed by atoms with Crippen LogP contribution in [0.2, 0.25) is 0 Å². The number of sulfone groups is 1. The Kier molecular flexibility index (Phi) is 3.13. The molecule has 0 aromatic heterocycles. The Balaban J connectivity index is 1.87. The molecule has 3 heterocycles. The number of esters is 1. The van der Waals surface area contributed by atoms with Gasteiger partial charge in [0.1, 0.15) is 0 Å². The monoisotopic (exact) mass is 287 g/mol. The van der Waals surface area contributed by atoms with Crippen LogP contribution in [0, 0.1) is 11.3 Å². The van der Waals surface area contributed by atoms with Crippen molar-refractivity contribution in [2.45, 2.75) is 43.1 Å². The van der Waals surface area contributed by atoms with Crippen molar-refractivity contribution in [1.29, 1.82) is 0 Å². The molecule has 0 aromatic rings. The van der Waals surface area contributed by atoms with Gasteiger partial charge < -0.3 is 10.1 Å². The molecule has 1 spiro atoms. The first-order valence-electron chi connectivity index (χ1n) is 7.10. The van der Waals surface area contributed by atoms with Gasteiger partial charge in [-0.2, -0.15) is 0 Å². The summed E-state index contributed by atoms with van der Waals surface area (Å²) in [5, 5.41) is 2.81. The van der Waals surface area contributed by atoms with Crippen LogP contribution >= 0.6 is 0 Å². The molecule has 19 heavy (non-hydrogen) atoms. The van der Waals surface area contributed by atoms with E-state index in [0.717, 1.165) is 19.4 Å². The fourth-order valence-corrected chi connectivity index (χ4v) is 6.81. The van der Waals surface area contributed by atoms with E-state index in [9.17, 15) is 13.2 Å². The van der Waals surface area contributed by atoms with E-state index >= 15 is 0 Å². The summed E-state index contributed by atoms with van der Waals surface area (Å²) >= 11 is 0. The average molecular weight is 287 g/mol. The molecule has 3 aliphatic heterocycles. The van der Waals surface area contributed by atoms with E-state index in [0.29, 0.717) is 26.0 Å². The summed E-state index contributed by atoms with van der Waals surface area (Å²) < 4.78 is 29.5. The number of nitrogens with one attached hydrogen (secondary N) is 1. The van der Waals surface area contributed by atoms with E-state index in [2.05, 4.69) is 5.32 Å². The Morgan fingerprint density at radius 2 is 1.95 bits per heavy atom. The molecule has 3 aliphatic rings. The lowest BCUT2D eigenvalue weighted by atomic mass is 9.72. The molecule has 0 radical (unpaired) electrons. The van der Waals surface area contributed by atoms with Gasteiger partial charge >= 0.3 is 5.97 Å². The highest BCUT2D eigenvalue weighted by Crippen LogP contribution is 2.52. The van der Waals surface area contributed by atoms with Gasteiger partial charge in [-0.3, -0.25) is 4.79 Å². The Bertz CT molecular complexity index is 467. The minimum atomic E-state index is -2.93. The van der Waals surface area contributed by atoms with Crippen LogP contribution in [0.1, 0.15) is 32.6 Å². The molecule has 6 heteroatoms. The number of fused-ring (bicyclic) bond motifs is 2. The molecule has 3 unspecified atom stereocenters. The van der Waals surface area contributed by atoms with E-state index < -0.39 is 9.84 Å². The Labute approximate surface area is 114 Å². The van der Waals surface area contributed by atoms with Gasteiger partial charge in [-0.15, -0.1) is 0 Å². The number of carbonyl (C=O) groups is 1. The third-order valence-corrected chi connectivity index (χ3v) is 7.81. The molecular weight excluding hydrogens is 266 g/mol. The molecular formula is C13H21NO4S. The molecule has 1 N–H and O–H groups in total. The molecule has 0 aromatic carbocycles. The summed E-state index contributed by atoms with van der Waals surface area (Å²) in [7, 11) is -2.93. The quantitative estimate of drug-likeness (QED) is 0.749. The number of carbonyl (C=O) groups excluding carboxylic acids is 1. The standard InChI is InChI=1S/C13H21NO4S/c1-2-18-12(15)11-7-14-8-13(11)5-9-3-4-10(6-13)19(9,16)17/h9-11,14H,2-8H2,1H3. The molecule has 0 aliphatic carbocycles. The SMILES string of the molecule is CCOC(=O)C1CNCC12CC1CCC(C2)S1(=O)=O. The highest BCUT2D eigenvalue weighted by Gasteiger charge is 2.58. The van der Waals surface area contributed by atoms with Crippen molar-refractivity contribution in [2.75, 3.05) is 19.7 Å². The highest BCUT2D eigenvalue weighted by atomic mass is 32.2. The minimum Gasteiger partial charge on any atom is -0.466 e. The lowest BCUT2D eigenvalue weighted by molar-refractivity contribution is -0.151. The lowest BCUT2D eigenvalue weighted by Gasteiger charge is -2.40. The first-order chi connectivity index (χ1) is 8.99. The van der Waals surface area contributed by atoms with Gasteiger partial charge in [0.05, 0.1) is 23.0 Å². The van der Waals surface area contributed by atoms with Crippen LogP contribution in [0.3, 0.4) is 0 Å². The van der Waals surface area contributed by atoms with Crippen molar-refractivity contribution in [3.05, 3.63) is 0 Å². The predicted octanol–water partition coefficient (Wildman–Crippen LogP) is 0.495. The second kappa shape index (κ2) is 4.45. The fourth-order valence-electron chi connectivity index (χ4n) is 4.21. The molecule has 108 valence electrons. The van der Waals surface area contributed by atoms with Gasteiger partial charge in [0.15, 0.2) is 9.84 Å². The van der Waals surface area contributed by atoms with Crippen molar-refractivity contribution in [3.63, 3.8) is 0 Å². The first kappa shape index (κ1) is 13.4. The lowest BCUT2D eigenvalue weighted by Crippen LogP contribution is -2.47. The zero-order valence-corrected chi connectivity index (χ0v) is 12.0. The second-order valence-electron chi connectivity index (χ2n) is 6.12. The van der Waals surface area contributed by atoms with Gasteiger partial charge in [-0.05, 0) is 38.0 Å². The maximum atomic E-state index is 12.2. The largest absolute Gasteiger partial charge is 0.466 e. The van der Waals surface area contributed by atoms with Crippen LogP contribution in [0.4, 0.5) is 0 Å². The number of hydrogen-bond acceptors (Lipinski definition) is 5. The minimum absolute atomic E-state index is 0.161. The topological polar surface area (TPSA) is 72.5 Å². The Morgan fingerprint density at radius 3 is 2.53 bits per heavy atom. The zero-order valence-electron chi connectivity index (χ0n) is 11.2. The van der Waals surface area contributed by atoms with E-state index in [1.54, 1.807) is 0 Å². The van der Waals surface area contributed by atoms with Crippen LogP contribution < -0.4 is 5.32 Å². The zero-order chi connectivity index (χ0) is 13.7. The van der Waals surface area contributed by atoms with Crippen LogP contribution in [0.25, 0.3) is 0 Å². The van der Waals surface area contributed by atoms with Crippen molar-refractivity contribution in [3.8, 4) is 0 Å². The summed E-state index contributed by atoms with van der Waals surface area (Å²) in [6, 6.07) is 0. The molecule has 5 nitrogen and oxygen atoms in total. The molecule has 0 saturated carbocycles. The summed E-state index contributed by atoms with van der Waals surface area (Å²) in [4.78, 5) is 12.1. The van der Waals surface area contributed by atoms with Crippen LogP contribution in [-0.2, 0) is 19.4 Å². The summed E-state index contributed by atoms with van der Waals surface area (Å²) in [5.41, 5.74) is -0.191. The third-order valence-electron chi connectivity index (χ3n) is 5.14. The van der Waals surface area contributed by atoms with Gasteiger partial charge in [0.25, 0.3) is 0 Å². The van der Waals surface area contributed by atoms with E-state index in [-0.39, 0.29) is 27.8 Å². The molecule has 0 amide bonds. The van der Waals surface area contributed by atoms with Crippen molar-refractivity contribution in [2.24, 2.45) is 11.3 Å². The van der Waals surface area contributed by atoms with Gasteiger partial charge in [-0.25, -0.2) is 8.42 Å². The smallest absolute Gasteiger partial charge is 0.310 e. The number of hydrogen-bond donors (Lipinski definition) is 1. The number of ether oxygens (including phenoxy) is 1. The van der Waals surface area contributed by atoms with Gasteiger partial charge in [0.2, 0.25) is 0 Å².